The van der Waals surface area contributed by atoms with Crippen molar-refractivity contribution < 1.29 is 23.5 Å². The van der Waals surface area contributed by atoms with Crippen molar-refractivity contribution in [2.45, 2.75) is 69.5 Å². The SMILES string of the molecule is CC(C)(C)NC(=O)[C@@H]1N(C2CC2)C(=O)[C@@H]2[C@H](C(=O)NCc3ccc(F)cc3)[C@H]3C=C[C@]21O3. The van der Waals surface area contributed by atoms with Gasteiger partial charge in [0, 0.05) is 18.1 Å². The van der Waals surface area contributed by atoms with Crippen LogP contribution in [0.4, 0.5) is 4.39 Å². The molecule has 2 bridgehead atoms. The summed E-state index contributed by atoms with van der Waals surface area (Å²) in [6, 6.07) is 5.12. The van der Waals surface area contributed by atoms with Crippen molar-refractivity contribution in [1.29, 1.82) is 0 Å². The van der Waals surface area contributed by atoms with Crippen LogP contribution < -0.4 is 10.6 Å². The molecule has 1 saturated carbocycles. The fourth-order valence-electron chi connectivity index (χ4n) is 5.30. The van der Waals surface area contributed by atoms with Gasteiger partial charge in [0.05, 0.1) is 17.9 Å². The standard InChI is InChI=1S/C24H28FN3O4/c1-23(2,3)27-21(30)19-24-11-10-16(32-24)17(18(24)22(31)28(19)15-8-9-15)20(29)26-12-13-4-6-14(25)7-5-13/h4-7,10-11,15-19H,8-9,12H2,1-3H3,(H,26,29)(H,27,30)/t16-,17-,18+,19+,24+/m1/s1. The highest BCUT2D eigenvalue weighted by Gasteiger charge is 2.74. The van der Waals surface area contributed by atoms with Gasteiger partial charge in [-0.1, -0.05) is 24.3 Å². The number of benzene rings is 1. The third-order valence-electron chi connectivity index (χ3n) is 6.68. The molecule has 5 rings (SSSR count). The van der Waals surface area contributed by atoms with Gasteiger partial charge in [0.25, 0.3) is 0 Å². The van der Waals surface area contributed by atoms with Crippen LogP contribution in [0.15, 0.2) is 36.4 Å². The minimum atomic E-state index is -1.13. The Labute approximate surface area is 186 Å². The van der Waals surface area contributed by atoms with Gasteiger partial charge in [-0.25, -0.2) is 4.39 Å². The van der Waals surface area contributed by atoms with E-state index >= 15 is 0 Å². The Kier molecular flexibility index (Phi) is 4.71. The van der Waals surface area contributed by atoms with Crippen LogP contribution in [-0.2, 0) is 25.7 Å². The number of ether oxygens (including phenoxy) is 1. The molecule has 2 saturated heterocycles. The molecule has 3 heterocycles. The molecule has 3 amide bonds. The van der Waals surface area contributed by atoms with E-state index in [0.717, 1.165) is 18.4 Å². The van der Waals surface area contributed by atoms with Crippen LogP contribution in [0.3, 0.4) is 0 Å². The van der Waals surface area contributed by atoms with Crippen molar-refractivity contribution in [2.75, 3.05) is 0 Å². The predicted octanol–water partition coefficient (Wildman–Crippen LogP) is 1.67. The van der Waals surface area contributed by atoms with Gasteiger partial charge in [0.1, 0.15) is 17.5 Å². The van der Waals surface area contributed by atoms with Gasteiger partial charge in [-0.15, -0.1) is 0 Å². The zero-order chi connectivity index (χ0) is 22.8. The summed E-state index contributed by atoms with van der Waals surface area (Å²) in [6.07, 6.45) is 4.77. The summed E-state index contributed by atoms with van der Waals surface area (Å²) in [7, 11) is 0. The quantitative estimate of drug-likeness (QED) is 0.681. The van der Waals surface area contributed by atoms with Crippen molar-refractivity contribution >= 4 is 17.7 Å². The number of rotatable bonds is 5. The Morgan fingerprint density at radius 2 is 1.88 bits per heavy atom. The van der Waals surface area contributed by atoms with Gasteiger partial charge in [-0.3, -0.25) is 14.4 Å². The van der Waals surface area contributed by atoms with Gasteiger partial charge < -0.3 is 20.3 Å². The number of nitrogens with one attached hydrogen (secondary N) is 2. The van der Waals surface area contributed by atoms with Gasteiger partial charge in [0.2, 0.25) is 17.7 Å². The first-order valence-electron chi connectivity index (χ1n) is 11.1. The molecule has 1 aliphatic carbocycles. The largest absolute Gasteiger partial charge is 0.359 e. The highest BCUT2D eigenvalue weighted by atomic mass is 19.1. The van der Waals surface area contributed by atoms with Crippen molar-refractivity contribution in [1.82, 2.24) is 15.5 Å². The topological polar surface area (TPSA) is 87.7 Å². The number of likely N-dealkylation sites (tertiary alicyclic amines) is 1. The van der Waals surface area contributed by atoms with Gasteiger partial charge >= 0.3 is 0 Å². The minimum Gasteiger partial charge on any atom is -0.359 e. The van der Waals surface area contributed by atoms with Crippen LogP contribution in [0.1, 0.15) is 39.2 Å². The molecule has 8 heteroatoms. The molecule has 7 nitrogen and oxygen atoms in total. The molecule has 1 aromatic rings. The maximum atomic E-state index is 13.6. The third-order valence-corrected chi connectivity index (χ3v) is 6.68. The van der Waals surface area contributed by atoms with Crippen molar-refractivity contribution in [3.05, 3.63) is 47.8 Å². The molecule has 1 spiro atoms. The highest BCUT2D eigenvalue weighted by Crippen LogP contribution is 2.57. The number of carbonyl (C=O) groups is 3. The summed E-state index contributed by atoms with van der Waals surface area (Å²) in [5.41, 5.74) is -0.831. The van der Waals surface area contributed by atoms with Crippen LogP contribution in [-0.4, -0.2) is 51.9 Å². The van der Waals surface area contributed by atoms with Crippen molar-refractivity contribution in [3.8, 4) is 0 Å². The Balaban J connectivity index is 1.41. The second-order valence-electron chi connectivity index (χ2n) is 10.3. The van der Waals surface area contributed by atoms with Gasteiger partial charge in [-0.2, -0.15) is 0 Å². The van der Waals surface area contributed by atoms with Gasteiger partial charge in [0.15, 0.2) is 0 Å². The van der Waals surface area contributed by atoms with E-state index in [4.69, 9.17) is 4.74 Å². The summed E-state index contributed by atoms with van der Waals surface area (Å²) in [5.74, 6) is -2.52. The van der Waals surface area contributed by atoms with E-state index in [1.165, 1.54) is 12.1 Å². The van der Waals surface area contributed by atoms with Crippen molar-refractivity contribution in [2.24, 2.45) is 11.8 Å². The number of fused-ring (bicyclic) bond motifs is 1. The maximum Gasteiger partial charge on any atom is 0.246 e. The smallest absolute Gasteiger partial charge is 0.246 e. The summed E-state index contributed by atoms with van der Waals surface area (Å²) < 4.78 is 19.4. The van der Waals surface area contributed by atoms with Crippen molar-refractivity contribution in [3.63, 3.8) is 0 Å². The van der Waals surface area contributed by atoms with E-state index in [2.05, 4.69) is 10.6 Å². The summed E-state index contributed by atoms with van der Waals surface area (Å²) in [4.78, 5) is 41.8. The molecule has 0 radical (unpaired) electrons. The van der Waals surface area contributed by atoms with Crippen LogP contribution in [0.25, 0.3) is 0 Å². The van der Waals surface area contributed by atoms with Crippen LogP contribution in [0, 0.1) is 17.7 Å². The average molecular weight is 442 g/mol. The highest BCUT2D eigenvalue weighted by molar-refractivity contribution is 6.00. The number of amides is 3. The molecule has 32 heavy (non-hydrogen) atoms. The van der Waals surface area contributed by atoms with E-state index < -0.39 is 35.1 Å². The van der Waals surface area contributed by atoms with Crippen LogP contribution in [0.5, 0.6) is 0 Å². The second kappa shape index (κ2) is 7.13. The van der Waals surface area contributed by atoms with Crippen LogP contribution in [0.2, 0.25) is 0 Å². The first-order chi connectivity index (χ1) is 15.1. The Morgan fingerprint density at radius 3 is 2.50 bits per heavy atom. The molecule has 0 unspecified atom stereocenters. The number of hydrogen-bond acceptors (Lipinski definition) is 4. The normalized spacial score (nSPS) is 32.9. The maximum absolute atomic E-state index is 13.6. The van der Waals surface area contributed by atoms with E-state index in [-0.39, 0.29) is 36.1 Å². The summed E-state index contributed by atoms with van der Waals surface area (Å²) in [5, 5.41) is 5.87. The minimum absolute atomic E-state index is 0.0113. The Hall–Kier alpha value is -2.74. The summed E-state index contributed by atoms with van der Waals surface area (Å²) in [6.45, 7) is 5.91. The fraction of sp³-hybridized carbons (Fsp3) is 0.542. The molecule has 2 N–H and O–H groups in total. The third kappa shape index (κ3) is 3.32. The first kappa shape index (κ1) is 21.1. The lowest BCUT2D eigenvalue weighted by Gasteiger charge is -2.34. The molecule has 3 aliphatic heterocycles. The van der Waals surface area contributed by atoms with E-state index in [1.807, 2.05) is 26.8 Å². The Morgan fingerprint density at radius 1 is 1.19 bits per heavy atom. The predicted molar refractivity (Wildman–Crippen MR) is 114 cm³/mol. The Bertz CT molecular complexity index is 997. The molecular weight excluding hydrogens is 413 g/mol. The molecular formula is C24H28FN3O4. The molecule has 3 fully saturated rings. The number of halogens is 1. The average Bonchev–Trinajstić information content (AvgIpc) is 3.31. The molecule has 4 aliphatic rings. The lowest BCUT2D eigenvalue weighted by molar-refractivity contribution is -0.143. The molecule has 0 aromatic heterocycles. The molecule has 5 atom stereocenters. The number of carbonyl (C=O) groups excluding carboxylic acids is 3. The zero-order valence-corrected chi connectivity index (χ0v) is 18.4. The van der Waals surface area contributed by atoms with Crippen LogP contribution >= 0.6 is 0 Å². The number of hydrogen-bond donors (Lipinski definition) is 2. The molecule has 170 valence electrons. The first-order valence-corrected chi connectivity index (χ1v) is 11.1. The summed E-state index contributed by atoms with van der Waals surface area (Å²) >= 11 is 0. The van der Waals surface area contributed by atoms with E-state index in [9.17, 15) is 18.8 Å². The van der Waals surface area contributed by atoms with E-state index in [0.29, 0.717) is 0 Å². The zero-order valence-electron chi connectivity index (χ0n) is 18.4. The fourth-order valence-corrected chi connectivity index (χ4v) is 5.30. The monoisotopic (exact) mass is 441 g/mol. The number of nitrogens with zero attached hydrogens (tertiary/aromatic N) is 1. The van der Waals surface area contributed by atoms with Gasteiger partial charge in [-0.05, 0) is 51.3 Å². The lowest BCUT2D eigenvalue weighted by atomic mass is 9.74. The second-order valence-corrected chi connectivity index (χ2v) is 10.3. The molecule has 1 aromatic carbocycles. The van der Waals surface area contributed by atoms with E-state index in [1.54, 1.807) is 23.1 Å². The lowest BCUT2D eigenvalue weighted by Crippen LogP contribution is -2.58.